The molecule has 1 unspecified atom stereocenters. The van der Waals surface area contributed by atoms with Crippen molar-refractivity contribution in [2.24, 2.45) is 5.41 Å². The molecule has 1 aromatic carbocycles. The molecule has 2 heterocycles. The summed E-state index contributed by atoms with van der Waals surface area (Å²) < 4.78 is 2.28. The van der Waals surface area contributed by atoms with Crippen LogP contribution in [0.3, 0.4) is 0 Å². The van der Waals surface area contributed by atoms with Crippen LogP contribution in [-0.4, -0.2) is 23.1 Å². The SMILES string of the molecule is C=Cc1cn2c(cc1=O)/C(=c1\cccc(CCC)c1=C)N(C)CC2C(C)(C)C. The minimum absolute atomic E-state index is 0.0111. The number of nitrogens with zero attached hydrogens (tertiary/aromatic N) is 2. The van der Waals surface area contributed by atoms with Gasteiger partial charge in [0.2, 0.25) is 0 Å². The highest BCUT2D eigenvalue weighted by Crippen LogP contribution is 2.37. The van der Waals surface area contributed by atoms with Crippen LogP contribution in [-0.2, 0) is 6.42 Å². The molecule has 3 rings (SSSR count). The second kappa shape index (κ2) is 7.46. The lowest BCUT2D eigenvalue weighted by Gasteiger charge is -2.43. The Balaban J connectivity index is 2.42. The predicted molar refractivity (Wildman–Crippen MR) is 120 cm³/mol. The number of fused-ring (bicyclic) bond motifs is 1. The highest BCUT2D eigenvalue weighted by atomic mass is 16.1. The largest absolute Gasteiger partial charge is 0.370 e. The number of likely N-dealkylation sites (N-methyl/N-ethyl adjacent to an activating group) is 1. The van der Waals surface area contributed by atoms with Gasteiger partial charge in [0.15, 0.2) is 5.43 Å². The Bertz CT molecular complexity index is 1070. The molecule has 1 aromatic heterocycles. The maximum Gasteiger partial charge on any atom is 0.189 e. The summed E-state index contributed by atoms with van der Waals surface area (Å²) in [6, 6.07) is 8.41. The van der Waals surface area contributed by atoms with Crippen LogP contribution in [0.4, 0.5) is 0 Å². The number of aromatic nitrogens is 1. The van der Waals surface area contributed by atoms with Gasteiger partial charge in [0, 0.05) is 36.6 Å². The summed E-state index contributed by atoms with van der Waals surface area (Å²) in [5, 5.41) is 2.17. The molecule has 0 amide bonds. The van der Waals surface area contributed by atoms with E-state index in [0.29, 0.717) is 5.56 Å². The van der Waals surface area contributed by atoms with Crippen molar-refractivity contribution in [1.29, 1.82) is 0 Å². The van der Waals surface area contributed by atoms with Crippen LogP contribution < -0.4 is 15.9 Å². The van der Waals surface area contributed by atoms with E-state index in [9.17, 15) is 4.79 Å². The first kappa shape index (κ1) is 20.2. The van der Waals surface area contributed by atoms with Crippen molar-refractivity contribution in [2.45, 2.75) is 46.6 Å². The summed E-state index contributed by atoms with van der Waals surface area (Å²) in [4.78, 5) is 15.0. The van der Waals surface area contributed by atoms with E-state index < -0.39 is 0 Å². The number of hydrogen-bond donors (Lipinski definition) is 0. The molecule has 148 valence electrons. The number of rotatable bonds is 3. The Morgan fingerprint density at radius 3 is 2.61 bits per heavy atom. The first-order chi connectivity index (χ1) is 13.2. The van der Waals surface area contributed by atoms with Crippen molar-refractivity contribution in [3.05, 3.63) is 74.5 Å². The van der Waals surface area contributed by atoms with Gasteiger partial charge in [0.1, 0.15) is 0 Å². The maximum atomic E-state index is 12.7. The molecule has 0 aliphatic carbocycles. The third kappa shape index (κ3) is 3.46. The fraction of sp³-hybridized carbons (Fsp3) is 0.400. The lowest BCUT2D eigenvalue weighted by Crippen LogP contribution is -2.45. The predicted octanol–water partition coefficient (Wildman–Crippen LogP) is 3.54. The Morgan fingerprint density at radius 2 is 2.00 bits per heavy atom. The molecule has 0 saturated heterocycles. The lowest BCUT2D eigenvalue weighted by molar-refractivity contribution is 0.185. The van der Waals surface area contributed by atoms with Gasteiger partial charge in [-0.1, -0.05) is 71.5 Å². The molecule has 0 radical (unpaired) electrons. The quantitative estimate of drug-likeness (QED) is 0.819. The monoisotopic (exact) mass is 376 g/mol. The van der Waals surface area contributed by atoms with Crippen LogP contribution in [0.25, 0.3) is 18.4 Å². The minimum Gasteiger partial charge on any atom is -0.370 e. The van der Waals surface area contributed by atoms with E-state index in [-0.39, 0.29) is 16.9 Å². The van der Waals surface area contributed by atoms with Gasteiger partial charge in [0.25, 0.3) is 0 Å². The molecular weight excluding hydrogens is 344 g/mol. The third-order valence-corrected chi connectivity index (χ3v) is 5.78. The normalized spacial score (nSPS) is 18.8. The van der Waals surface area contributed by atoms with Crippen molar-refractivity contribution in [2.75, 3.05) is 13.6 Å². The van der Waals surface area contributed by atoms with E-state index in [1.165, 1.54) is 5.56 Å². The Hall–Kier alpha value is -2.55. The highest BCUT2D eigenvalue weighted by molar-refractivity contribution is 5.64. The van der Waals surface area contributed by atoms with E-state index in [1.54, 1.807) is 12.1 Å². The van der Waals surface area contributed by atoms with Crippen molar-refractivity contribution >= 4 is 18.4 Å². The first-order valence-electron chi connectivity index (χ1n) is 10.1. The lowest BCUT2D eigenvalue weighted by atomic mass is 9.84. The summed E-state index contributed by atoms with van der Waals surface area (Å²) >= 11 is 0. The summed E-state index contributed by atoms with van der Waals surface area (Å²) in [6.45, 7) is 18.0. The van der Waals surface area contributed by atoms with E-state index in [0.717, 1.165) is 41.2 Å². The molecule has 28 heavy (non-hydrogen) atoms. The topological polar surface area (TPSA) is 25.2 Å². The van der Waals surface area contributed by atoms with E-state index in [4.69, 9.17) is 0 Å². The van der Waals surface area contributed by atoms with Crippen LogP contribution >= 0.6 is 0 Å². The summed E-state index contributed by atoms with van der Waals surface area (Å²) in [5.74, 6) is 0. The van der Waals surface area contributed by atoms with Crippen molar-refractivity contribution in [1.82, 2.24) is 9.47 Å². The van der Waals surface area contributed by atoms with Gasteiger partial charge in [-0.05, 0) is 22.6 Å². The van der Waals surface area contributed by atoms with Crippen molar-refractivity contribution in [3.8, 4) is 0 Å². The molecule has 0 spiro atoms. The molecule has 0 bridgehead atoms. The van der Waals surface area contributed by atoms with Gasteiger partial charge in [-0.2, -0.15) is 0 Å². The van der Waals surface area contributed by atoms with Gasteiger partial charge in [-0.25, -0.2) is 0 Å². The maximum absolute atomic E-state index is 12.7. The van der Waals surface area contributed by atoms with Crippen LogP contribution in [0.1, 0.15) is 57.0 Å². The number of aryl methyl sites for hydroxylation is 1. The molecule has 0 fully saturated rings. The zero-order valence-electron chi connectivity index (χ0n) is 17.9. The Morgan fingerprint density at radius 1 is 1.29 bits per heavy atom. The Kier molecular flexibility index (Phi) is 5.38. The second-order valence-electron chi connectivity index (χ2n) is 8.89. The third-order valence-electron chi connectivity index (χ3n) is 5.78. The number of benzene rings is 1. The molecular formula is C25H32N2O. The van der Waals surface area contributed by atoms with Crippen LogP contribution in [0, 0.1) is 5.41 Å². The summed E-state index contributed by atoms with van der Waals surface area (Å²) in [5.41, 5.74) is 4.03. The summed E-state index contributed by atoms with van der Waals surface area (Å²) in [6.07, 6.45) is 5.73. The second-order valence-corrected chi connectivity index (χ2v) is 8.89. The van der Waals surface area contributed by atoms with Crippen LogP contribution in [0.5, 0.6) is 0 Å². The van der Waals surface area contributed by atoms with E-state index >= 15 is 0 Å². The molecule has 1 atom stereocenters. The summed E-state index contributed by atoms with van der Waals surface area (Å²) in [7, 11) is 2.12. The van der Waals surface area contributed by atoms with Crippen molar-refractivity contribution < 1.29 is 0 Å². The first-order valence-corrected chi connectivity index (χ1v) is 10.1. The fourth-order valence-electron chi connectivity index (χ4n) is 4.20. The molecule has 3 heteroatoms. The Labute approximate surface area is 168 Å². The highest BCUT2D eigenvalue weighted by Gasteiger charge is 2.34. The smallest absolute Gasteiger partial charge is 0.189 e. The molecule has 2 aromatic rings. The van der Waals surface area contributed by atoms with E-state index in [1.807, 2.05) is 6.20 Å². The average Bonchev–Trinajstić information content (AvgIpc) is 2.62. The van der Waals surface area contributed by atoms with Gasteiger partial charge in [0.05, 0.1) is 17.4 Å². The molecule has 1 aliphatic heterocycles. The van der Waals surface area contributed by atoms with Crippen molar-refractivity contribution in [3.63, 3.8) is 0 Å². The van der Waals surface area contributed by atoms with Gasteiger partial charge < -0.3 is 9.47 Å². The standard InChI is InChI=1S/C25H32N2O/c1-8-11-19-12-10-13-20(17(19)3)24-21-14-22(28)18(9-2)15-27(21)23(16-26(24)7)25(4,5)6/h9-10,12-15,23H,2-3,8,11,16H2,1,4-7H3/b24-20-. The zero-order chi connectivity index (χ0) is 20.6. The molecule has 0 saturated carbocycles. The minimum atomic E-state index is 0.0111. The molecule has 3 nitrogen and oxygen atoms in total. The van der Waals surface area contributed by atoms with Gasteiger partial charge in [-0.3, -0.25) is 4.79 Å². The zero-order valence-corrected chi connectivity index (χ0v) is 17.9. The average molecular weight is 377 g/mol. The number of pyridine rings is 1. The fourth-order valence-corrected chi connectivity index (χ4v) is 4.20. The van der Waals surface area contributed by atoms with Crippen LogP contribution in [0.15, 0.2) is 41.8 Å². The van der Waals surface area contributed by atoms with Crippen LogP contribution in [0.2, 0.25) is 0 Å². The van der Waals surface area contributed by atoms with Gasteiger partial charge >= 0.3 is 0 Å². The van der Waals surface area contributed by atoms with E-state index in [2.05, 4.69) is 75.6 Å². The number of hydrogen-bond acceptors (Lipinski definition) is 2. The molecule has 1 aliphatic rings. The molecule has 0 N–H and O–H groups in total. The van der Waals surface area contributed by atoms with Gasteiger partial charge in [-0.15, -0.1) is 0 Å².